The van der Waals surface area contributed by atoms with E-state index < -0.39 is 18.0 Å². The maximum atomic E-state index is 12.3. The van der Waals surface area contributed by atoms with Crippen molar-refractivity contribution < 1.29 is 14.7 Å². The van der Waals surface area contributed by atoms with Gasteiger partial charge in [0.15, 0.2) is 0 Å². The molecule has 1 aromatic heterocycles. The van der Waals surface area contributed by atoms with Crippen LogP contribution in [-0.4, -0.2) is 49.1 Å². The Hall–Kier alpha value is -1.83. The lowest BCUT2D eigenvalue weighted by atomic mass is 10.2. The molecule has 0 bridgehead atoms. The van der Waals surface area contributed by atoms with Gasteiger partial charge in [-0.1, -0.05) is 13.3 Å². The molecule has 8 heteroatoms. The van der Waals surface area contributed by atoms with E-state index in [4.69, 9.17) is 0 Å². The highest BCUT2D eigenvalue weighted by Crippen LogP contribution is 2.32. The standard InChI is InChI=1S/C12H16N4O3S/c1-2-4-9-16(8(7-20-9)10(17)18)12(19)15-11-13-5-3-6-14-11/h3,5-6,8-9H,2,4,7H2,1H3,(H,17,18)(H,13,14,15,19). The normalized spacial score (nSPS) is 21.8. The Kier molecular flexibility index (Phi) is 4.78. The first kappa shape index (κ1) is 14.6. The Morgan fingerprint density at radius 3 is 2.80 bits per heavy atom. The Labute approximate surface area is 120 Å². The minimum absolute atomic E-state index is 0.121. The fourth-order valence-electron chi connectivity index (χ4n) is 2.02. The summed E-state index contributed by atoms with van der Waals surface area (Å²) in [7, 11) is 0. The van der Waals surface area contributed by atoms with Gasteiger partial charge in [-0.3, -0.25) is 10.2 Å². The van der Waals surface area contributed by atoms with Gasteiger partial charge in [0, 0.05) is 18.1 Å². The van der Waals surface area contributed by atoms with E-state index in [0.29, 0.717) is 5.75 Å². The van der Waals surface area contributed by atoms with Crippen LogP contribution in [0.1, 0.15) is 19.8 Å². The molecule has 1 aliphatic rings. The number of carbonyl (C=O) groups is 2. The highest BCUT2D eigenvalue weighted by atomic mass is 32.2. The molecule has 1 aliphatic heterocycles. The summed E-state index contributed by atoms with van der Waals surface area (Å²) in [5, 5.41) is 11.6. The number of anilines is 1. The van der Waals surface area contributed by atoms with Crippen LogP contribution in [0.4, 0.5) is 10.7 Å². The van der Waals surface area contributed by atoms with Gasteiger partial charge in [-0.25, -0.2) is 19.6 Å². The summed E-state index contributed by atoms with van der Waals surface area (Å²) in [6, 6.07) is 0.369. The zero-order valence-corrected chi connectivity index (χ0v) is 11.8. The topological polar surface area (TPSA) is 95.4 Å². The first-order valence-electron chi connectivity index (χ1n) is 6.34. The van der Waals surface area contributed by atoms with Gasteiger partial charge in [0.05, 0.1) is 5.37 Å². The van der Waals surface area contributed by atoms with Crippen molar-refractivity contribution in [3.8, 4) is 0 Å². The van der Waals surface area contributed by atoms with Crippen molar-refractivity contribution >= 4 is 29.7 Å². The molecule has 2 amide bonds. The van der Waals surface area contributed by atoms with E-state index in [2.05, 4.69) is 15.3 Å². The molecule has 2 N–H and O–H groups in total. The largest absolute Gasteiger partial charge is 0.480 e. The summed E-state index contributed by atoms with van der Waals surface area (Å²) in [4.78, 5) is 32.7. The van der Waals surface area contributed by atoms with Crippen LogP contribution in [0, 0.1) is 0 Å². The molecule has 0 saturated carbocycles. The Morgan fingerprint density at radius 1 is 1.50 bits per heavy atom. The molecule has 0 radical (unpaired) electrons. The molecule has 0 aliphatic carbocycles. The summed E-state index contributed by atoms with van der Waals surface area (Å²) in [6.45, 7) is 2.01. The van der Waals surface area contributed by atoms with E-state index in [1.165, 1.54) is 29.1 Å². The molecule has 0 aromatic carbocycles. The molecule has 1 saturated heterocycles. The lowest BCUT2D eigenvalue weighted by Gasteiger charge is -2.26. The number of nitrogens with zero attached hydrogens (tertiary/aromatic N) is 3. The van der Waals surface area contributed by atoms with Gasteiger partial charge >= 0.3 is 12.0 Å². The summed E-state index contributed by atoms with van der Waals surface area (Å²) in [6.07, 6.45) is 4.67. The summed E-state index contributed by atoms with van der Waals surface area (Å²) < 4.78 is 0. The second-order valence-corrected chi connectivity index (χ2v) is 5.55. The zero-order chi connectivity index (χ0) is 14.5. The van der Waals surface area contributed by atoms with Crippen LogP contribution < -0.4 is 5.32 Å². The molecule has 2 unspecified atom stereocenters. The van der Waals surface area contributed by atoms with Gasteiger partial charge in [0.25, 0.3) is 0 Å². The molecule has 108 valence electrons. The van der Waals surface area contributed by atoms with Gasteiger partial charge in [-0.05, 0) is 12.5 Å². The number of urea groups is 1. The zero-order valence-electron chi connectivity index (χ0n) is 11.0. The first-order chi connectivity index (χ1) is 9.63. The summed E-state index contributed by atoms with van der Waals surface area (Å²) >= 11 is 1.49. The number of thioether (sulfide) groups is 1. The average molecular weight is 296 g/mol. The van der Waals surface area contributed by atoms with E-state index in [1.54, 1.807) is 6.07 Å². The van der Waals surface area contributed by atoms with E-state index >= 15 is 0 Å². The second-order valence-electron chi connectivity index (χ2n) is 4.34. The fraction of sp³-hybridized carbons (Fsp3) is 0.500. The van der Waals surface area contributed by atoms with Crippen LogP contribution in [0.15, 0.2) is 18.5 Å². The van der Waals surface area contributed by atoms with Crippen LogP contribution in [0.2, 0.25) is 0 Å². The number of amides is 2. The predicted molar refractivity (Wildman–Crippen MR) is 75.5 cm³/mol. The van der Waals surface area contributed by atoms with Gasteiger partial charge in [-0.2, -0.15) is 0 Å². The van der Waals surface area contributed by atoms with Crippen molar-refractivity contribution in [2.45, 2.75) is 31.2 Å². The summed E-state index contributed by atoms with van der Waals surface area (Å²) in [5.41, 5.74) is 0. The smallest absolute Gasteiger partial charge is 0.327 e. The predicted octanol–water partition coefficient (Wildman–Crippen LogP) is 1.64. The van der Waals surface area contributed by atoms with Crippen LogP contribution >= 0.6 is 11.8 Å². The quantitative estimate of drug-likeness (QED) is 0.877. The van der Waals surface area contributed by atoms with Gasteiger partial charge in [0.1, 0.15) is 6.04 Å². The maximum absolute atomic E-state index is 12.3. The Balaban J connectivity index is 2.12. The molecule has 7 nitrogen and oxygen atoms in total. The van der Waals surface area contributed by atoms with E-state index in [9.17, 15) is 14.7 Å². The number of rotatable bonds is 4. The van der Waals surface area contributed by atoms with E-state index in [0.717, 1.165) is 12.8 Å². The highest BCUT2D eigenvalue weighted by molar-refractivity contribution is 8.00. The Morgan fingerprint density at radius 2 is 2.20 bits per heavy atom. The fourth-order valence-corrected chi connectivity index (χ4v) is 3.53. The average Bonchev–Trinajstić information content (AvgIpc) is 2.84. The molecule has 2 atom stereocenters. The SMILES string of the molecule is CCCC1SCC(C(=O)O)N1C(=O)Nc1ncccn1. The van der Waals surface area contributed by atoms with Crippen LogP contribution in [-0.2, 0) is 4.79 Å². The van der Waals surface area contributed by atoms with Crippen molar-refractivity contribution in [1.29, 1.82) is 0 Å². The van der Waals surface area contributed by atoms with Crippen molar-refractivity contribution in [3.05, 3.63) is 18.5 Å². The number of hydrogen-bond acceptors (Lipinski definition) is 5. The number of hydrogen-bond donors (Lipinski definition) is 2. The third-order valence-corrected chi connectivity index (χ3v) is 4.29. The third kappa shape index (κ3) is 3.19. The number of nitrogens with one attached hydrogen (secondary N) is 1. The van der Waals surface area contributed by atoms with Gasteiger partial charge in [0.2, 0.25) is 5.95 Å². The van der Waals surface area contributed by atoms with Crippen molar-refractivity contribution in [2.75, 3.05) is 11.1 Å². The molecular weight excluding hydrogens is 280 g/mol. The molecule has 1 aromatic rings. The monoisotopic (exact) mass is 296 g/mol. The van der Waals surface area contributed by atoms with Crippen LogP contribution in [0.25, 0.3) is 0 Å². The number of aromatic nitrogens is 2. The molecule has 20 heavy (non-hydrogen) atoms. The molecule has 2 rings (SSSR count). The number of aliphatic carboxylic acids is 1. The number of carboxylic acid groups (broad SMARTS) is 1. The highest BCUT2D eigenvalue weighted by Gasteiger charge is 2.41. The second kappa shape index (κ2) is 6.56. The first-order valence-corrected chi connectivity index (χ1v) is 7.39. The van der Waals surface area contributed by atoms with Crippen molar-refractivity contribution in [1.82, 2.24) is 14.9 Å². The van der Waals surface area contributed by atoms with Gasteiger partial charge in [-0.15, -0.1) is 11.8 Å². The Bertz CT molecular complexity index is 485. The molecule has 1 fully saturated rings. The number of carboxylic acids is 1. The van der Waals surface area contributed by atoms with Gasteiger partial charge < -0.3 is 5.11 Å². The minimum atomic E-state index is -0.986. The van der Waals surface area contributed by atoms with Crippen LogP contribution in [0.5, 0.6) is 0 Å². The van der Waals surface area contributed by atoms with Crippen molar-refractivity contribution in [3.63, 3.8) is 0 Å². The lowest BCUT2D eigenvalue weighted by Crippen LogP contribution is -2.47. The third-order valence-electron chi connectivity index (χ3n) is 2.93. The van der Waals surface area contributed by atoms with Crippen molar-refractivity contribution in [2.24, 2.45) is 0 Å². The lowest BCUT2D eigenvalue weighted by molar-refractivity contribution is -0.141. The molecule has 2 heterocycles. The van der Waals surface area contributed by atoms with Crippen LogP contribution in [0.3, 0.4) is 0 Å². The molecular formula is C12H16N4O3S. The van der Waals surface area contributed by atoms with E-state index in [-0.39, 0.29) is 11.3 Å². The molecule has 0 spiro atoms. The summed E-state index contributed by atoms with van der Waals surface area (Å²) in [5.74, 6) is -0.405. The van der Waals surface area contributed by atoms with E-state index in [1.807, 2.05) is 6.92 Å². The number of carbonyl (C=O) groups excluding carboxylic acids is 1. The minimum Gasteiger partial charge on any atom is -0.480 e. The maximum Gasteiger partial charge on any atom is 0.327 e.